The summed E-state index contributed by atoms with van der Waals surface area (Å²) in [4.78, 5) is 4.37. The van der Waals surface area contributed by atoms with Gasteiger partial charge >= 0.3 is 0 Å². The standard InChI is InChI=1S/C14H18N2O3S2/c17-10-1-2-12-3-5-13(6-4-12)21(18,19)16-8-7-14-15-9-11-20-14/h3-6,9,11,16-17H,1-2,7-8,10H2. The van der Waals surface area contributed by atoms with Gasteiger partial charge < -0.3 is 5.11 Å². The molecule has 0 aliphatic rings. The molecule has 0 atom stereocenters. The van der Waals surface area contributed by atoms with Gasteiger partial charge in [0.1, 0.15) is 0 Å². The molecule has 2 rings (SSSR count). The Balaban J connectivity index is 1.92. The number of nitrogens with one attached hydrogen (secondary N) is 1. The van der Waals surface area contributed by atoms with E-state index < -0.39 is 10.0 Å². The quantitative estimate of drug-likeness (QED) is 0.772. The molecule has 0 aliphatic heterocycles. The van der Waals surface area contributed by atoms with Crippen LogP contribution in [0.2, 0.25) is 0 Å². The molecule has 114 valence electrons. The van der Waals surface area contributed by atoms with Crippen LogP contribution in [0.25, 0.3) is 0 Å². The van der Waals surface area contributed by atoms with Crippen LogP contribution in [0.4, 0.5) is 0 Å². The maximum atomic E-state index is 12.1. The number of aryl methyl sites for hydroxylation is 1. The van der Waals surface area contributed by atoms with Crippen molar-refractivity contribution in [3.63, 3.8) is 0 Å². The fraction of sp³-hybridized carbons (Fsp3) is 0.357. The van der Waals surface area contributed by atoms with E-state index in [0.717, 1.165) is 17.0 Å². The third-order valence-corrected chi connectivity index (χ3v) is 5.29. The Hall–Kier alpha value is -1.28. The van der Waals surface area contributed by atoms with Gasteiger partial charge in [-0.25, -0.2) is 18.1 Å². The van der Waals surface area contributed by atoms with Crippen molar-refractivity contribution in [2.24, 2.45) is 0 Å². The van der Waals surface area contributed by atoms with E-state index in [1.165, 1.54) is 11.3 Å². The normalized spacial score (nSPS) is 11.7. The Morgan fingerprint density at radius 3 is 2.57 bits per heavy atom. The number of thiazole rings is 1. The van der Waals surface area contributed by atoms with Crippen molar-refractivity contribution in [3.05, 3.63) is 46.4 Å². The van der Waals surface area contributed by atoms with Crippen LogP contribution < -0.4 is 4.72 Å². The first-order valence-corrected chi connectivity index (χ1v) is 9.06. The minimum atomic E-state index is -3.47. The van der Waals surface area contributed by atoms with Gasteiger partial charge in [0, 0.05) is 31.1 Å². The highest BCUT2D eigenvalue weighted by molar-refractivity contribution is 7.89. The first-order chi connectivity index (χ1) is 10.1. The lowest BCUT2D eigenvalue weighted by Crippen LogP contribution is -2.25. The molecule has 0 bridgehead atoms. The number of sulfonamides is 1. The largest absolute Gasteiger partial charge is 0.396 e. The van der Waals surface area contributed by atoms with E-state index in [4.69, 9.17) is 5.11 Å². The predicted octanol–water partition coefficient (Wildman–Crippen LogP) is 1.59. The molecule has 0 saturated heterocycles. The summed E-state index contributed by atoms with van der Waals surface area (Å²) >= 11 is 1.51. The highest BCUT2D eigenvalue weighted by atomic mass is 32.2. The fourth-order valence-electron chi connectivity index (χ4n) is 1.87. The number of hydrogen-bond acceptors (Lipinski definition) is 5. The average molecular weight is 326 g/mol. The number of hydrogen-bond donors (Lipinski definition) is 2. The summed E-state index contributed by atoms with van der Waals surface area (Å²) in [6.45, 7) is 0.473. The van der Waals surface area contributed by atoms with Gasteiger partial charge in [-0.3, -0.25) is 0 Å². The Morgan fingerprint density at radius 2 is 1.95 bits per heavy atom. The summed E-state index contributed by atoms with van der Waals surface area (Å²) in [5, 5.41) is 11.6. The molecule has 0 amide bonds. The lowest BCUT2D eigenvalue weighted by Gasteiger charge is -2.07. The second-order valence-corrected chi connectivity index (χ2v) is 7.29. The number of aliphatic hydroxyl groups excluding tert-OH is 1. The van der Waals surface area contributed by atoms with Crippen LogP contribution in [0, 0.1) is 0 Å². The predicted molar refractivity (Wildman–Crippen MR) is 82.9 cm³/mol. The second-order valence-electron chi connectivity index (χ2n) is 4.54. The molecule has 1 aromatic carbocycles. The van der Waals surface area contributed by atoms with Gasteiger partial charge in [0.25, 0.3) is 0 Å². The van der Waals surface area contributed by atoms with Gasteiger partial charge in [0.05, 0.1) is 9.90 Å². The second kappa shape index (κ2) is 7.65. The van der Waals surface area contributed by atoms with E-state index in [1.807, 2.05) is 5.38 Å². The van der Waals surface area contributed by atoms with Crippen LogP contribution in [0.3, 0.4) is 0 Å². The Morgan fingerprint density at radius 1 is 1.19 bits per heavy atom. The third kappa shape index (κ3) is 4.89. The molecule has 0 spiro atoms. The van der Waals surface area contributed by atoms with Gasteiger partial charge in [-0.05, 0) is 30.5 Å². The van der Waals surface area contributed by atoms with Crippen molar-refractivity contribution in [1.29, 1.82) is 0 Å². The first kappa shape index (κ1) is 16.1. The molecule has 0 unspecified atom stereocenters. The van der Waals surface area contributed by atoms with Crippen LogP contribution in [0.5, 0.6) is 0 Å². The fourth-order valence-corrected chi connectivity index (χ4v) is 3.52. The number of aliphatic hydroxyl groups is 1. The molecule has 0 saturated carbocycles. The van der Waals surface area contributed by atoms with Crippen LogP contribution in [-0.4, -0.2) is 31.7 Å². The van der Waals surface area contributed by atoms with E-state index in [9.17, 15) is 8.42 Å². The van der Waals surface area contributed by atoms with E-state index in [1.54, 1.807) is 30.5 Å². The average Bonchev–Trinajstić information content (AvgIpc) is 2.98. The Bertz CT molecular complexity index is 637. The molecular formula is C14H18N2O3S2. The highest BCUT2D eigenvalue weighted by Gasteiger charge is 2.13. The molecule has 2 aromatic rings. The number of aromatic nitrogens is 1. The monoisotopic (exact) mass is 326 g/mol. The minimum absolute atomic E-state index is 0.137. The zero-order valence-corrected chi connectivity index (χ0v) is 13.2. The van der Waals surface area contributed by atoms with Gasteiger partial charge in [-0.2, -0.15) is 0 Å². The van der Waals surface area contributed by atoms with E-state index in [0.29, 0.717) is 19.4 Å². The summed E-state index contributed by atoms with van der Waals surface area (Å²) in [5.41, 5.74) is 1.02. The molecule has 1 heterocycles. The summed E-state index contributed by atoms with van der Waals surface area (Å²) in [6.07, 6.45) is 3.72. The van der Waals surface area contributed by atoms with Gasteiger partial charge in [-0.1, -0.05) is 12.1 Å². The Kier molecular flexibility index (Phi) is 5.86. The van der Waals surface area contributed by atoms with Crippen LogP contribution in [0.1, 0.15) is 17.0 Å². The maximum Gasteiger partial charge on any atom is 0.240 e. The summed E-state index contributed by atoms with van der Waals surface area (Å²) in [7, 11) is -3.47. The van der Waals surface area contributed by atoms with Crippen LogP contribution >= 0.6 is 11.3 Å². The van der Waals surface area contributed by atoms with Crippen molar-refractivity contribution >= 4 is 21.4 Å². The topological polar surface area (TPSA) is 79.3 Å². The van der Waals surface area contributed by atoms with Crippen LogP contribution in [0.15, 0.2) is 40.7 Å². The van der Waals surface area contributed by atoms with E-state index in [2.05, 4.69) is 9.71 Å². The Labute approximate surface area is 128 Å². The molecule has 2 N–H and O–H groups in total. The molecular weight excluding hydrogens is 308 g/mol. The zero-order chi connectivity index (χ0) is 15.1. The van der Waals surface area contributed by atoms with Crippen molar-refractivity contribution in [1.82, 2.24) is 9.71 Å². The number of rotatable bonds is 8. The molecule has 5 nitrogen and oxygen atoms in total. The van der Waals surface area contributed by atoms with Crippen molar-refractivity contribution in [2.75, 3.05) is 13.2 Å². The number of benzene rings is 1. The SMILES string of the molecule is O=S(=O)(NCCc1nccs1)c1ccc(CCCO)cc1. The molecule has 0 aliphatic carbocycles. The van der Waals surface area contributed by atoms with Gasteiger partial charge in [-0.15, -0.1) is 11.3 Å². The smallest absolute Gasteiger partial charge is 0.240 e. The minimum Gasteiger partial charge on any atom is -0.396 e. The summed E-state index contributed by atoms with van der Waals surface area (Å²) < 4.78 is 26.8. The molecule has 0 fully saturated rings. The van der Waals surface area contributed by atoms with E-state index >= 15 is 0 Å². The molecule has 7 heteroatoms. The summed E-state index contributed by atoms with van der Waals surface area (Å²) in [5.74, 6) is 0. The van der Waals surface area contributed by atoms with Gasteiger partial charge in [0.15, 0.2) is 0 Å². The summed E-state index contributed by atoms with van der Waals surface area (Å²) in [6, 6.07) is 6.76. The molecule has 21 heavy (non-hydrogen) atoms. The molecule has 0 radical (unpaired) electrons. The van der Waals surface area contributed by atoms with Crippen molar-refractivity contribution in [3.8, 4) is 0 Å². The van der Waals surface area contributed by atoms with Gasteiger partial charge in [0.2, 0.25) is 10.0 Å². The number of nitrogens with zero attached hydrogens (tertiary/aromatic N) is 1. The van der Waals surface area contributed by atoms with Crippen LogP contribution in [-0.2, 0) is 22.9 Å². The highest BCUT2D eigenvalue weighted by Crippen LogP contribution is 2.12. The maximum absolute atomic E-state index is 12.1. The first-order valence-electron chi connectivity index (χ1n) is 6.69. The lowest BCUT2D eigenvalue weighted by molar-refractivity contribution is 0.288. The van der Waals surface area contributed by atoms with Crippen molar-refractivity contribution < 1.29 is 13.5 Å². The third-order valence-electron chi connectivity index (χ3n) is 2.97. The zero-order valence-electron chi connectivity index (χ0n) is 11.5. The molecule has 1 aromatic heterocycles. The lowest BCUT2D eigenvalue weighted by atomic mass is 10.1. The van der Waals surface area contributed by atoms with E-state index in [-0.39, 0.29) is 11.5 Å². The van der Waals surface area contributed by atoms with Crippen molar-refractivity contribution in [2.45, 2.75) is 24.2 Å².